The van der Waals surface area contributed by atoms with Crippen molar-refractivity contribution in [3.8, 4) is 5.75 Å². The first-order valence-electron chi connectivity index (χ1n) is 7.95. The van der Waals surface area contributed by atoms with Gasteiger partial charge in [-0.1, -0.05) is 26.3 Å². The van der Waals surface area contributed by atoms with E-state index < -0.39 is 14.3 Å². The number of hydrogen-bond acceptors (Lipinski definition) is 4. The summed E-state index contributed by atoms with van der Waals surface area (Å²) in [4.78, 5) is 0. The SMILES string of the molecule is CCCC(C)C1(C)OCc2cc([Si](C)(OC)OC)ccc2O1. The molecule has 5 heteroatoms. The van der Waals surface area contributed by atoms with E-state index in [4.69, 9.17) is 18.3 Å². The molecule has 0 fully saturated rings. The Morgan fingerprint density at radius 1 is 1.32 bits per heavy atom. The highest BCUT2D eigenvalue weighted by Crippen LogP contribution is 2.36. The normalized spacial score (nSPS) is 22.8. The molecule has 2 rings (SSSR count). The minimum Gasteiger partial charge on any atom is -0.462 e. The third-order valence-electron chi connectivity index (χ3n) is 4.81. The molecule has 1 aromatic carbocycles. The lowest BCUT2D eigenvalue weighted by molar-refractivity contribution is -0.223. The van der Waals surface area contributed by atoms with Crippen molar-refractivity contribution in [2.75, 3.05) is 14.2 Å². The van der Waals surface area contributed by atoms with Gasteiger partial charge in [-0.3, -0.25) is 0 Å². The van der Waals surface area contributed by atoms with Gasteiger partial charge in [-0.05, 0) is 30.3 Å². The highest BCUT2D eigenvalue weighted by molar-refractivity contribution is 6.79. The summed E-state index contributed by atoms with van der Waals surface area (Å²) in [7, 11) is 1.09. The molecule has 1 aromatic rings. The maximum Gasteiger partial charge on any atom is 0.368 e. The van der Waals surface area contributed by atoms with Crippen molar-refractivity contribution in [1.29, 1.82) is 0 Å². The summed E-state index contributed by atoms with van der Waals surface area (Å²) in [6.45, 7) is 9.00. The zero-order valence-corrected chi connectivity index (χ0v) is 15.6. The maximum atomic E-state index is 6.18. The fourth-order valence-corrected chi connectivity index (χ4v) is 4.26. The van der Waals surface area contributed by atoms with Crippen LogP contribution >= 0.6 is 0 Å². The standard InChI is InChI=1S/C17H28O4Si/c1-7-8-13(2)17(3)20-12-14-11-15(9-10-16(14)21-17)22(6,18-4)19-5/h9-11,13H,7-8,12H2,1-6H3. The van der Waals surface area contributed by atoms with Gasteiger partial charge < -0.3 is 18.3 Å². The van der Waals surface area contributed by atoms with Gasteiger partial charge in [0.15, 0.2) is 0 Å². The van der Waals surface area contributed by atoms with Gasteiger partial charge >= 0.3 is 8.56 Å². The molecule has 4 nitrogen and oxygen atoms in total. The quantitative estimate of drug-likeness (QED) is 0.752. The van der Waals surface area contributed by atoms with Crippen molar-refractivity contribution >= 4 is 13.7 Å². The van der Waals surface area contributed by atoms with Crippen molar-refractivity contribution in [3.05, 3.63) is 23.8 Å². The van der Waals surface area contributed by atoms with Gasteiger partial charge in [0.2, 0.25) is 5.79 Å². The Hall–Kier alpha value is -0.883. The van der Waals surface area contributed by atoms with Crippen LogP contribution in [0, 0.1) is 5.92 Å². The number of rotatable bonds is 6. The molecule has 1 aliphatic rings. The third-order valence-corrected chi connectivity index (χ3v) is 7.73. The Labute approximate surface area is 135 Å². The first kappa shape index (κ1) is 17.5. The first-order chi connectivity index (χ1) is 10.4. The summed E-state index contributed by atoms with van der Waals surface area (Å²) in [6.07, 6.45) is 2.21. The predicted octanol–water partition coefficient (Wildman–Crippen LogP) is 3.32. The van der Waals surface area contributed by atoms with Crippen molar-refractivity contribution in [2.45, 2.75) is 52.6 Å². The Balaban J connectivity index is 2.25. The van der Waals surface area contributed by atoms with E-state index in [-0.39, 0.29) is 0 Å². The van der Waals surface area contributed by atoms with Crippen LogP contribution < -0.4 is 9.92 Å². The second-order valence-corrected chi connectivity index (χ2v) is 9.56. The van der Waals surface area contributed by atoms with Crippen molar-refractivity contribution in [2.24, 2.45) is 5.92 Å². The summed E-state index contributed by atoms with van der Waals surface area (Å²) in [5.41, 5.74) is 1.06. The Morgan fingerprint density at radius 3 is 2.59 bits per heavy atom. The molecule has 0 aromatic heterocycles. The second-order valence-electron chi connectivity index (χ2n) is 6.27. The van der Waals surface area contributed by atoms with Gasteiger partial charge in [-0.25, -0.2) is 0 Å². The van der Waals surface area contributed by atoms with E-state index in [2.05, 4.69) is 19.9 Å². The molecule has 0 N–H and O–H groups in total. The summed E-state index contributed by atoms with van der Waals surface area (Å²) in [5.74, 6) is 0.709. The largest absolute Gasteiger partial charge is 0.462 e. The Bertz CT molecular complexity index is 515. The summed E-state index contributed by atoms with van der Waals surface area (Å²) in [5, 5.41) is 1.09. The minimum atomic E-state index is -2.31. The minimum absolute atomic E-state index is 0.350. The van der Waals surface area contributed by atoms with Gasteiger partial charge in [0.1, 0.15) is 5.75 Å². The molecule has 124 valence electrons. The highest BCUT2D eigenvalue weighted by atomic mass is 28.4. The topological polar surface area (TPSA) is 36.9 Å². The first-order valence-corrected chi connectivity index (χ1v) is 10.3. The van der Waals surface area contributed by atoms with Crippen LogP contribution in [-0.4, -0.2) is 28.6 Å². The molecular formula is C17H28O4Si. The third kappa shape index (κ3) is 3.22. The van der Waals surface area contributed by atoms with E-state index in [1.165, 1.54) is 0 Å². The lowest BCUT2D eigenvalue weighted by atomic mass is 9.96. The summed E-state index contributed by atoms with van der Waals surface area (Å²) < 4.78 is 23.5. The van der Waals surface area contributed by atoms with Gasteiger partial charge in [-0.15, -0.1) is 0 Å². The molecule has 0 bridgehead atoms. The van der Waals surface area contributed by atoms with E-state index in [9.17, 15) is 0 Å². The van der Waals surface area contributed by atoms with Crippen LogP contribution in [0.4, 0.5) is 0 Å². The molecule has 0 amide bonds. The number of benzene rings is 1. The van der Waals surface area contributed by atoms with Gasteiger partial charge in [-0.2, -0.15) is 0 Å². The maximum absolute atomic E-state index is 6.18. The van der Waals surface area contributed by atoms with Gasteiger partial charge in [0.05, 0.1) is 6.61 Å². The van der Waals surface area contributed by atoms with Crippen LogP contribution in [-0.2, 0) is 20.2 Å². The molecule has 1 aliphatic heterocycles. The van der Waals surface area contributed by atoms with Crippen LogP contribution in [0.5, 0.6) is 5.75 Å². The molecule has 0 aliphatic carbocycles. The molecular weight excluding hydrogens is 296 g/mol. The number of hydrogen-bond donors (Lipinski definition) is 0. The Morgan fingerprint density at radius 2 is 2.00 bits per heavy atom. The Kier molecular flexibility index (Phi) is 5.32. The predicted molar refractivity (Wildman–Crippen MR) is 89.6 cm³/mol. The summed E-state index contributed by atoms with van der Waals surface area (Å²) in [6, 6.07) is 6.17. The van der Waals surface area contributed by atoms with Crippen molar-refractivity contribution in [3.63, 3.8) is 0 Å². The molecule has 2 unspecified atom stereocenters. The van der Waals surface area contributed by atoms with E-state index in [1.807, 2.05) is 25.6 Å². The summed E-state index contributed by atoms with van der Waals surface area (Å²) >= 11 is 0. The molecule has 2 atom stereocenters. The van der Waals surface area contributed by atoms with Gasteiger partial charge in [0.25, 0.3) is 0 Å². The number of fused-ring (bicyclic) bond motifs is 1. The van der Waals surface area contributed by atoms with Gasteiger partial charge in [0, 0.05) is 32.6 Å². The zero-order valence-electron chi connectivity index (χ0n) is 14.6. The second kappa shape index (κ2) is 6.70. The fourth-order valence-electron chi connectivity index (χ4n) is 2.80. The van der Waals surface area contributed by atoms with E-state index >= 15 is 0 Å². The lowest BCUT2D eigenvalue weighted by Crippen LogP contribution is -2.50. The molecule has 1 heterocycles. The molecule has 0 radical (unpaired) electrons. The average molecular weight is 324 g/mol. The number of ether oxygens (including phenoxy) is 2. The highest BCUT2D eigenvalue weighted by Gasteiger charge is 2.39. The lowest BCUT2D eigenvalue weighted by Gasteiger charge is -2.40. The van der Waals surface area contributed by atoms with Crippen molar-refractivity contribution in [1.82, 2.24) is 0 Å². The molecule has 0 saturated carbocycles. The monoisotopic (exact) mass is 324 g/mol. The van der Waals surface area contributed by atoms with Crippen LogP contribution in [0.25, 0.3) is 0 Å². The molecule has 0 spiro atoms. The fraction of sp³-hybridized carbons (Fsp3) is 0.647. The van der Waals surface area contributed by atoms with E-state index in [0.29, 0.717) is 12.5 Å². The molecule has 0 saturated heterocycles. The van der Waals surface area contributed by atoms with E-state index in [1.54, 1.807) is 14.2 Å². The molecule has 22 heavy (non-hydrogen) atoms. The van der Waals surface area contributed by atoms with Crippen LogP contribution in [0.15, 0.2) is 18.2 Å². The smallest absolute Gasteiger partial charge is 0.368 e. The van der Waals surface area contributed by atoms with Crippen LogP contribution in [0.2, 0.25) is 6.55 Å². The zero-order chi connectivity index (χ0) is 16.4. The average Bonchev–Trinajstić information content (AvgIpc) is 2.53. The van der Waals surface area contributed by atoms with Crippen LogP contribution in [0.1, 0.15) is 39.2 Å². The van der Waals surface area contributed by atoms with E-state index in [0.717, 1.165) is 29.3 Å². The van der Waals surface area contributed by atoms with Crippen LogP contribution in [0.3, 0.4) is 0 Å². The van der Waals surface area contributed by atoms with Crippen molar-refractivity contribution < 1.29 is 18.3 Å².